The Kier molecular flexibility index (Phi) is 2.86. The molecule has 82 valence electrons. The zero-order valence-electron chi connectivity index (χ0n) is 8.82. The van der Waals surface area contributed by atoms with Crippen molar-refractivity contribution in [2.75, 3.05) is 6.54 Å². The first kappa shape index (κ1) is 11.1. The van der Waals surface area contributed by atoms with Gasteiger partial charge in [-0.3, -0.25) is 0 Å². The molecule has 3 heteroatoms. The Morgan fingerprint density at radius 1 is 1.47 bits per heavy atom. The van der Waals surface area contributed by atoms with Crippen molar-refractivity contribution in [2.24, 2.45) is 5.73 Å². The molecule has 0 spiro atoms. The molecule has 0 saturated heterocycles. The van der Waals surface area contributed by atoms with Crippen LogP contribution in [0.4, 0.5) is 4.39 Å². The second kappa shape index (κ2) is 3.87. The second-order valence-corrected chi connectivity index (χ2v) is 5.30. The Balaban J connectivity index is 2.51. The van der Waals surface area contributed by atoms with Gasteiger partial charge in [-0.15, -0.1) is 0 Å². The first-order valence-corrected chi connectivity index (χ1v) is 6.04. The lowest BCUT2D eigenvalue weighted by molar-refractivity contribution is 0.244. The summed E-state index contributed by atoms with van der Waals surface area (Å²) >= 11 is 3.26. The van der Waals surface area contributed by atoms with Crippen molar-refractivity contribution in [3.8, 4) is 0 Å². The first-order valence-electron chi connectivity index (χ1n) is 5.25. The highest BCUT2D eigenvalue weighted by Crippen LogP contribution is 2.45. The van der Waals surface area contributed by atoms with E-state index in [1.165, 1.54) is 0 Å². The van der Waals surface area contributed by atoms with Gasteiger partial charge in [0.05, 0.1) is 4.47 Å². The molecule has 0 amide bonds. The Labute approximate surface area is 98.0 Å². The van der Waals surface area contributed by atoms with Crippen LogP contribution in [0.2, 0.25) is 0 Å². The van der Waals surface area contributed by atoms with E-state index in [9.17, 15) is 4.39 Å². The molecule has 2 N–H and O–H groups in total. The lowest BCUT2D eigenvalue weighted by Gasteiger charge is -2.42. The van der Waals surface area contributed by atoms with Crippen LogP contribution in [-0.4, -0.2) is 6.54 Å². The smallest absolute Gasteiger partial charge is 0.141 e. The van der Waals surface area contributed by atoms with Crippen LogP contribution >= 0.6 is 15.9 Å². The largest absolute Gasteiger partial charge is 0.330 e. The van der Waals surface area contributed by atoms with E-state index in [-0.39, 0.29) is 11.2 Å². The van der Waals surface area contributed by atoms with Gasteiger partial charge >= 0.3 is 0 Å². The molecule has 0 aliphatic heterocycles. The van der Waals surface area contributed by atoms with Gasteiger partial charge in [0.1, 0.15) is 5.82 Å². The summed E-state index contributed by atoms with van der Waals surface area (Å²) in [6.07, 6.45) is 3.18. The van der Waals surface area contributed by atoms with Crippen molar-refractivity contribution in [3.05, 3.63) is 33.5 Å². The minimum atomic E-state index is -0.134. The summed E-state index contributed by atoms with van der Waals surface area (Å²) in [6, 6.07) is 3.74. The van der Waals surface area contributed by atoms with Crippen molar-refractivity contribution in [1.82, 2.24) is 0 Å². The number of aryl methyl sites for hydroxylation is 1. The molecular formula is C12H15BrFN. The Hall–Kier alpha value is -0.410. The van der Waals surface area contributed by atoms with Crippen LogP contribution in [0.5, 0.6) is 0 Å². The quantitative estimate of drug-likeness (QED) is 0.878. The Bertz CT molecular complexity index is 380. The lowest BCUT2D eigenvalue weighted by atomic mass is 9.64. The molecule has 1 aromatic carbocycles. The summed E-state index contributed by atoms with van der Waals surface area (Å²) in [5.41, 5.74) is 7.57. The minimum absolute atomic E-state index is 0.0986. The normalized spacial score (nSPS) is 18.7. The van der Waals surface area contributed by atoms with Gasteiger partial charge in [0.2, 0.25) is 0 Å². The van der Waals surface area contributed by atoms with Crippen LogP contribution < -0.4 is 5.73 Å². The van der Waals surface area contributed by atoms with Crippen molar-refractivity contribution < 1.29 is 4.39 Å². The van der Waals surface area contributed by atoms with E-state index in [4.69, 9.17) is 5.73 Å². The Morgan fingerprint density at radius 2 is 2.13 bits per heavy atom. The molecule has 0 unspecified atom stereocenters. The van der Waals surface area contributed by atoms with Crippen molar-refractivity contribution in [2.45, 2.75) is 31.6 Å². The van der Waals surface area contributed by atoms with E-state index < -0.39 is 0 Å². The van der Waals surface area contributed by atoms with Crippen molar-refractivity contribution in [1.29, 1.82) is 0 Å². The molecule has 2 rings (SSSR count). The fourth-order valence-electron chi connectivity index (χ4n) is 2.30. The SMILES string of the molecule is Cc1cc(Br)c(F)c(C2(CN)CCC2)c1. The molecule has 1 aliphatic carbocycles. The topological polar surface area (TPSA) is 26.0 Å². The van der Waals surface area contributed by atoms with Gasteiger partial charge in [-0.25, -0.2) is 4.39 Å². The molecule has 1 aliphatic rings. The van der Waals surface area contributed by atoms with Gasteiger partial charge in [0, 0.05) is 12.0 Å². The third-order valence-corrected chi connectivity index (χ3v) is 4.02. The van der Waals surface area contributed by atoms with E-state index in [1.807, 2.05) is 19.1 Å². The molecule has 1 nitrogen and oxygen atoms in total. The summed E-state index contributed by atoms with van der Waals surface area (Å²) in [5, 5.41) is 0. The lowest BCUT2D eigenvalue weighted by Crippen LogP contribution is -2.42. The van der Waals surface area contributed by atoms with Gasteiger partial charge in [0.15, 0.2) is 0 Å². The highest BCUT2D eigenvalue weighted by Gasteiger charge is 2.39. The van der Waals surface area contributed by atoms with Crippen LogP contribution in [0.1, 0.15) is 30.4 Å². The average molecular weight is 272 g/mol. The van der Waals surface area contributed by atoms with Gasteiger partial charge in [0.25, 0.3) is 0 Å². The molecular weight excluding hydrogens is 257 g/mol. The molecule has 0 aromatic heterocycles. The van der Waals surface area contributed by atoms with E-state index in [0.717, 1.165) is 30.4 Å². The van der Waals surface area contributed by atoms with Gasteiger partial charge in [-0.05, 0) is 52.9 Å². The number of benzene rings is 1. The Morgan fingerprint density at radius 3 is 2.60 bits per heavy atom. The number of halogens is 2. The van der Waals surface area contributed by atoms with E-state index in [0.29, 0.717) is 11.0 Å². The van der Waals surface area contributed by atoms with Crippen LogP contribution in [0.25, 0.3) is 0 Å². The first-order chi connectivity index (χ1) is 7.09. The van der Waals surface area contributed by atoms with Crippen LogP contribution in [0.15, 0.2) is 16.6 Å². The van der Waals surface area contributed by atoms with Crippen molar-refractivity contribution in [3.63, 3.8) is 0 Å². The highest BCUT2D eigenvalue weighted by molar-refractivity contribution is 9.10. The molecule has 0 radical (unpaired) electrons. The van der Waals surface area contributed by atoms with E-state index in [1.54, 1.807) is 0 Å². The van der Waals surface area contributed by atoms with E-state index in [2.05, 4.69) is 15.9 Å². The predicted molar refractivity (Wildman–Crippen MR) is 63.4 cm³/mol. The van der Waals surface area contributed by atoms with Crippen molar-refractivity contribution >= 4 is 15.9 Å². The maximum Gasteiger partial charge on any atom is 0.141 e. The maximum atomic E-state index is 14.0. The molecule has 1 fully saturated rings. The van der Waals surface area contributed by atoms with Gasteiger partial charge in [-0.2, -0.15) is 0 Å². The average Bonchev–Trinajstić information content (AvgIpc) is 2.12. The summed E-state index contributed by atoms with van der Waals surface area (Å²) in [7, 11) is 0. The maximum absolute atomic E-state index is 14.0. The fraction of sp³-hybridized carbons (Fsp3) is 0.500. The monoisotopic (exact) mass is 271 g/mol. The highest BCUT2D eigenvalue weighted by atomic mass is 79.9. The number of nitrogens with two attached hydrogens (primary N) is 1. The number of rotatable bonds is 2. The molecule has 0 atom stereocenters. The van der Waals surface area contributed by atoms with Crippen LogP contribution in [0.3, 0.4) is 0 Å². The second-order valence-electron chi connectivity index (χ2n) is 4.45. The van der Waals surface area contributed by atoms with Crippen LogP contribution in [0, 0.1) is 12.7 Å². The standard InChI is InChI=1S/C12H15BrFN/c1-8-5-9(11(14)10(13)6-8)12(7-15)3-2-4-12/h5-6H,2-4,7,15H2,1H3. The number of hydrogen-bond donors (Lipinski definition) is 1. The van der Waals surface area contributed by atoms with Gasteiger partial charge < -0.3 is 5.73 Å². The van der Waals surface area contributed by atoms with Crippen LogP contribution in [-0.2, 0) is 5.41 Å². The fourth-order valence-corrected chi connectivity index (χ4v) is 2.87. The summed E-state index contributed by atoms with van der Waals surface area (Å²) in [6.45, 7) is 2.52. The van der Waals surface area contributed by atoms with Gasteiger partial charge in [-0.1, -0.05) is 12.5 Å². The third-order valence-electron chi connectivity index (χ3n) is 3.45. The molecule has 0 bridgehead atoms. The molecule has 1 saturated carbocycles. The molecule has 15 heavy (non-hydrogen) atoms. The number of hydrogen-bond acceptors (Lipinski definition) is 1. The minimum Gasteiger partial charge on any atom is -0.330 e. The van der Waals surface area contributed by atoms with E-state index >= 15 is 0 Å². The zero-order valence-corrected chi connectivity index (χ0v) is 10.4. The molecule has 1 aromatic rings. The summed E-state index contributed by atoms with van der Waals surface area (Å²) < 4.78 is 14.5. The third kappa shape index (κ3) is 1.72. The predicted octanol–water partition coefficient (Wildman–Crippen LogP) is 3.28. The zero-order chi connectivity index (χ0) is 11.1. The summed E-state index contributed by atoms with van der Waals surface area (Å²) in [5.74, 6) is -0.134. The summed E-state index contributed by atoms with van der Waals surface area (Å²) in [4.78, 5) is 0. The molecule has 0 heterocycles.